The first-order valence-corrected chi connectivity index (χ1v) is 12.1. The topological polar surface area (TPSA) is 19.4 Å². The zero-order valence-electron chi connectivity index (χ0n) is 18.8. The van der Waals surface area contributed by atoms with Gasteiger partial charge < -0.3 is 0 Å². The van der Waals surface area contributed by atoms with E-state index in [4.69, 9.17) is 0 Å². The van der Waals surface area contributed by atoms with E-state index in [9.17, 15) is 0 Å². The minimum Gasteiger partial charge on any atom is -0.299 e. The minimum absolute atomic E-state index is 0.958. The van der Waals surface area contributed by atoms with E-state index in [1.54, 1.807) is 0 Å². The summed E-state index contributed by atoms with van der Waals surface area (Å²) in [4.78, 5) is 9.40. The molecule has 0 bridgehead atoms. The number of hydrogen-bond donors (Lipinski definition) is 0. The molecule has 0 atom stereocenters. The van der Waals surface area contributed by atoms with Crippen LogP contribution >= 0.6 is 0 Å². The number of hydrogen-bond acceptors (Lipinski definition) is 3. The molecule has 0 N–H and O–H groups in total. The van der Waals surface area contributed by atoms with Gasteiger partial charge in [0.2, 0.25) is 0 Å². The number of piperidine rings is 2. The maximum atomic E-state index is 4.13. The second kappa shape index (κ2) is 11.1. The van der Waals surface area contributed by atoms with Crippen molar-refractivity contribution >= 4 is 0 Å². The Hall–Kier alpha value is -1.71. The monoisotopic (exact) mass is 405 g/mol. The number of aryl methyl sites for hydroxylation is 1. The zero-order chi connectivity index (χ0) is 20.6. The van der Waals surface area contributed by atoms with Gasteiger partial charge in [0.15, 0.2) is 0 Å². The Morgan fingerprint density at radius 1 is 0.767 bits per heavy atom. The van der Waals surface area contributed by atoms with Crippen molar-refractivity contribution in [3.8, 4) is 0 Å². The lowest BCUT2D eigenvalue weighted by atomic mass is 9.86. The lowest BCUT2D eigenvalue weighted by molar-refractivity contribution is 0.156. The van der Waals surface area contributed by atoms with Crippen molar-refractivity contribution in [2.75, 3.05) is 26.2 Å². The van der Waals surface area contributed by atoms with Gasteiger partial charge in [0.1, 0.15) is 0 Å². The lowest BCUT2D eigenvalue weighted by Gasteiger charge is -2.33. The van der Waals surface area contributed by atoms with Crippen LogP contribution in [0.2, 0.25) is 0 Å². The first-order valence-electron chi connectivity index (χ1n) is 12.1. The van der Waals surface area contributed by atoms with Gasteiger partial charge in [-0.05, 0) is 93.9 Å². The summed E-state index contributed by atoms with van der Waals surface area (Å²) >= 11 is 0. The standard InChI is InChI=1S/C27H39N3/c1-23-4-2-7-27(20-23)22-30-18-12-25(13-19-30)6-3-5-24-10-16-29(17-11-24)21-26-8-14-28-15-9-26/h2,4,7-9,14-15,20,24-25H,3,5-6,10-13,16-19,21-22H2,1H3. The molecule has 2 aliphatic rings. The van der Waals surface area contributed by atoms with E-state index in [0.717, 1.165) is 24.9 Å². The van der Waals surface area contributed by atoms with Gasteiger partial charge >= 0.3 is 0 Å². The average Bonchev–Trinajstić information content (AvgIpc) is 2.77. The van der Waals surface area contributed by atoms with Crippen molar-refractivity contribution in [1.29, 1.82) is 0 Å². The molecular weight excluding hydrogens is 366 g/mol. The molecule has 3 nitrogen and oxygen atoms in total. The molecule has 0 radical (unpaired) electrons. The van der Waals surface area contributed by atoms with Crippen molar-refractivity contribution in [3.63, 3.8) is 0 Å². The fourth-order valence-electron chi connectivity index (χ4n) is 5.38. The fourth-order valence-corrected chi connectivity index (χ4v) is 5.38. The van der Waals surface area contributed by atoms with Crippen LogP contribution in [0.4, 0.5) is 0 Å². The van der Waals surface area contributed by atoms with E-state index in [1.165, 1.54) is 87.8 Å². The first-order chi connectivity index (χ1) is 14.7. The van der Waals surface area contributed by atoms with E-state index in [1.807, 2.05) is 12.4 Å². The molecule has 3 heteroatoms. The van der Waals surface area contributed by atoms with E-state index < -0.39 is 0 Å². The third kappa shape index (κ3) is 6.65. The molecule has 0 aliphatic carbocycles. The van der Waals surface area contributed by atoms with Crippen LogP contribution in [0, 0.1) is 18.8 Å². The van der Waals surface area contributed by atoms with Gasteiger partial charge in [-0.2, -0.15) is 0 Å². The average molecular weight is 406 g/mol. The molecule has 2 saturated heterocycles. The molecule has 4 rings (SSSR count). The molecule has 1 aromatic heterocycles. The van der Waals surface area contributed by atoms with Gasteiger partial charge in [-0.25, -0.2) is 0 Å². The maximum absolute atomic E-state index is 4.13. The number of rotatable bonds is 8. The quantitative estimate of drug-likeness (QED) is 0.563. The highest BCUT2D eigenvalue weighted by atomic mass is 15.1. The van der Waals surface area contributed by atoms with Gasteiger partial charge in [-0.3, -0.25) is 14.8 Å². The van der Waals surface area contributed by atoms with Gasteiger partial charge in [-0.1, -0.05) is 49.1 Å². The predicted molar refractivity (Wildman–Crippen MR) is 125 cm³/mol. The molecule has 30 heavy (non-hydrogen) atoms. The third-order valence-electron chi connectivity index (χ3n) is 7.28. The van der Waals surface area contributed by atoms with Crippen LogP contribution in [-0.4, -0.2) is 41.0 Å². The Bertz CT molecular complexity index is 744. The molecular formula is C27H39N3. The highest BCUT2D eigenvalue weighted by Gasteiger charge is 2.22. The molecule has 1 aromatic carbocycles. The zero-order valence-corrected chi connectivity index (χ0v) is 18.8. The van der Waals surface area contributed by atoms with Crippen molar-refractivity contribution < 1.29 is 0 Å². The van der Waals surface area contributed by atoms with Crippen LogP contribution in [0.5, 0.6) is 0 Å². The molecule has 2 aliphatic heterocycles. The van der Waals surface area contributed by atoms with Crippen LogP contribution in [0.15, 0.2) is 48.8 Å². The highest BCUT2D eigenvalue weighted by Crippen LogP contribution is 2.28. The summed E-state index contributed by atoms with van der Waals surface area (Å²) in [5.74, 6) is 1.92. The summed E-state index contributed by atoms with van der Waals surface area (Å²) in [6.45, 7) is 9.52. The number of benzene rings is 1. The van der Waals surface area contributed by atoms with Crippen molar-refractivity contribution in [2.45, 2.75) is 65.0 Å². The molecule has 0 unspecified atom stereocenters. The van der Waals surface area contributed by atoms with E-state index in [0.29, 0.717) is 0 Å². The molecule has 0 amide bonds. The Morgan fingerprint density at radius 2 is 1.33 bits per heavy atom. The van der Waals surface area contributed by atoms with Gasteiger partial charge in [-0.15, -0.1) is 0 Å². The van der Waals surface area contributed by atoms with Crippen molar-refractivity contribution in [2.24, 2.45) is 11.8 Å². The van der Waals surface area contributed by atoms with Crippen molar-refractivity contribution in [1.82, 2.24) is 14.8 Å². The molecule has 0 spiro atoms. The van der Waals surface area contributed by atoms with Crippen LogP contribution in [0.1, 0.15) is 61.6 Å². The second-order valence-corrected chi connectivity index (χ2v) is 9.71. The van der Waals surface area contributed by atoms with Crippen LogP contribution < -0.4 is 0 Å². The van der Waals surface area contributed by atoms with Gasteiger partial charge in [0.05, 0.1) is 0 Å². The van der Waals surface area contributed by atoms with E-state index in [2.05, 4.69) is 58.1 Å². The smallest absolute Gasteiger partial charge is 0.0271 e. The van der Waals surface area contributed by atoms with Gasteiger partial charge in [0, 0.05) is 25.5 Å². The summed E-state index contributed by atoms with van der Waals surface area (Å²) in [6, 6.07) is 13.3. The maximum Gasteiger partial charge on any atom is 0.0271 e. The lowest BCUT2D eigenvalue weighted by Crippen LogP contribution is -2.34. The van der Waals surface area contributed by atoms with Gasteiger partial charge in [0.25, 0.3) is 0 Å². The summed E-state index contributed by atoms with van der Waals surface area (Å²) in [6.07, 6.45) is 13.7. The molecule has 162 valence electrons. The SMILES string of the molecule is Cc1cccc(CN2CCC(CCCC3CCN(Cc4ccncc4)CC3)CC2)c1. The fraction of sp³-hybridized carbons (Fsp3) is 0.593. The third-order valence-corrected chi connectivity index (χ3v) is 7.28. The van der Waals surface area contributed by atoms with E-state index >= 15 is 0 Å². The summed E-state index contributed by atoms with van der Waals surface area (Å²) in [5.41, 5.74) is 4.26. The minimum atomic E-state index is 0.958. The Labute approximate surface area is 183 Å². The van der Waals surface area contributed by atoms with Crippen LogP contribution in [0.25, 0.3) is 0 Å². The summed E-state index contributed by atoms with van der Waals surface area (Å²) in [5, 5.41) is 0. The van der Waals surface area contributed by atoms with E-state index in [-0.39, 0.29) is 0 Å². The molecule has 0 saturated carbocycles. The molecule has 2 aromatic rings. The summed E-state index contributed by atoms with van der Waals surface area (Å²) in [7, 11) is 0. The number of nitrogens with zero attached hydrogens (tertiary/aromatic N) is 3. The summed E-state index contributed by atoms with van der Waals surface area (Å²) < 4.78 is 0. The predicted octanol–water partition coefficient (Wildman–Crippen LogP) is 5.68. The van der Waals surface area contributed by atoms with Crippen LogP contribution in [0.3, 0.4) is 0 Å². The molecule has 2 fully saturated rings. The Balaban J connectivity index is 1.08. The number of pyridine rings is 1. The normalized spacial score (nSPS) is 19.9. The Morgan fingerprint density at radius 3 is 1.90 bits per heavy atom. The number of aromatic nitrogens is 1. The molecule has 3 heterocycles. The first kappa shape index (κ1) is 21.5. The highest BCUT2D eigenvalue weighted by molar-refractivity contribution is 5.22. The van der Waals surface area contributed by atoms with Crippen LogP contribution in [-0.2, 0) is 13.1 Å². The Kier molecular flexibility index (Phi) is 7.94. The number of likely N-dealkylation sites (tertiary alicyclic amines) is 2. The second-order valence-electron chi connectivity index (χ2n) is 9.71. The largest absolute Gasteiger partial charge is 0.299 e. The van der Waals surface area contributed by atoms with Crippen molar-refractivity contribution in [3.05, 3.63) is 65.5 Å².